The third-order valence-electron chi connectivity index (χ3n) is 2.56. The zero-order chi connectivity index (χ0) is 13.1. The Kier molecular flexibility index (Phi) is 3.45. The second kappa shape index (κ2) is 5.03. The fourth-order valence-corrected chi connectivity index (χ4v) is 1.66. The molecule has 2 heterocycles. The van der Waals surface area contributed by atoms with Crippen molar-refractivity contribution >= 4 is 11.9 Å². The minimum absolute atomic E-state index is 0.156. The molecular weight excluding hydrogens is 232 g/mol. The maximum Gasteiger partial charge on any atom is 0.301 e. The first-order valence-electron chi connectivity index (χ1n) is 5.83. The molecule has 0 aromatic carbocycles. The number of oxazole rings is 1. The first kappa shape index (κ1) is 12.3. The number of carbonyl (C=O) groups excluding carboxylic acids is 1. The van der Waals surface area contributed by atoms with Crippen molar-refractivity contribution in [3.8, 4) is 0 Å². The van der Waals surface area contributed by atoms with Crippen molar-refractivity contribution in [1.82, 2.24) is 14.8 Å². The third kappa shape index (κ3) is 2.77. The smallest absolute Gasteiger partial charge is 0.301 e. The van der Waals surface area contributed by atoms with E-state index in [0.717, 1.165) is 23.5 Å². The Morgan fingerprint density at radius 1 is 1.50 bits per heavy atom. The monoisotopic (exact) mass is 248 g/mol. The van der Waals surface area contributed by atoms with Gasteiger partial charge in [0.05, 0.1) is 11.4 Å². The Labute approximate surface area is 105 Å². The van der Waals surface area contributed by atoms with Crippen LogP contribution in [0, 0.1) is 13.8 Å². The maximum atomic E-state index is 11.8. The lowest BCUT2D eigenvalue weighted by atomic mass is 10.4. The van der Waals surface area contributed by atoms with E-state index in [-0.39, 0.29) is 18.5 Å². The summed E-state index contributed by atoms with van der Waals surface area (Å²) in [6.45, 7) is 5.93. The Bertz CT molecular complexity index is 556. The van der Waals surface area contributed by atoms with Crippen LogP contribution < -0.4 is 5.32 Å². The molecule has 1 amide bonds. The van der Waals surface area contributed by atoms with Gasteiger partial charge in [-0.1, -0.05) is 6.92 Å². The number of aromatic nitrogens is 3. The lowest BCUT2D eigenvalue weighted by Gasteiger charge is -2.03. The van der Waals surface area contributed by atoms with Gasteiger partial charge in [0.2, 0.25) is 5.91 Å². The summed E-state index contributed by atoms with van der Waals surface area (Å²) in [6.07, 6.45) is 2.32. The predicted octanol–water partition coefficient (Wildman–Crippen LogP) is 1.69. The summed E-state index contributed by atoms with van der Waals surface area (Å²) in [5.41, 5.74) is 2.66. The lowest BCUT2D eigenvalue weighted by molar-refractivity contribution is -0.117. The van der Waals surface area contributed by atoms with Crippen LogP contribution in [0.25, 0.3) is 0 Å². The largest absolute Gasteiger partial charge is 0.432 e. The topological polar surface area (TPSA) is 73.0 Å². The predicted molar refractivity (Wildman–Crippen MR) is 66.2 cm³/mol. The van der Waals surface area contributed by atoms with Crippen LogP contribution in [-0.4, -0.2) is 20.7 Å². The average Bonchev–Trinajstić information content (AvgIpc) is 2.86. The number of carbonyl (C=O) groups is 1. The van der Waals surface area contributed by atoms with Crippen LogP contribution in [0.15, 0.2) is 16.7 Å². The van der Waals surface area contributed by atoms with E-state index < -0.39 is 0 Å². The first-order chi connectivity index (χ1) is 8.58. The van der Waals surface area contributed by atoms with Crippen molar-refractivity contribution in [2.45, 2.75) is 33.7 Å². The fourth-order valence-electron chi connectivity index (χ4n) is 1.66. The van der Waals surface area contributed by atoms with E-state index in [0.29, 0.717) is 0 Å². The standard InChI is InChI=1S/C12H16N4O2/c1-4-10-7-18-12(13-10)14-11(17)6-16-9(3)5-8(2)15-16/h5,7H,4,6H2,1-3H3,(H,13,14,17). The molecule has 0 saturated heterocycles. The van der Waals surface area contributed by atoms with E-state index in [2.05, 4.69) is 15.4 Å². The van der Waals surface area contributed by atoms with Gasteiger partial charge in [-0.3, -0.25) is 14.8 Å². The lowest BCUT2D eigenvalue weighted by Crippen LogP contribution is -2.20. The van der Waals surface area contributed by atoms with Crippen LogP contribution in [0.4, 0.5) is 6.01 Å². The number of nitrogens with zero attached hydrogens (tertiary/aromatic N) is 3. The SMILES string of the molecule is CCc1coc(NC(=O)Cn2nc(C)cc2C)n1. The normalized spacial score (nSPS) is 10.6. The Morgan fingerprint density at radius 2 is 2.28 bits per heavy atom. The summed E-state index contributed by atoms with van der Waals surface area (Å²) >= 11 is 0. The summed E-state index contributed by atoms with van der Waals surface area (Å²) in [5.74, 6) is -0.203. The molecule has 0 aliphatic rings. The maximum absolute atomic E-state index is 11.8. The molecule has 0 bridgehead atoms. The molecule has 0 atom stereocenters. The molecule has 0 spiro atoms. The Hall–Kier alpha value is -2.11. The Balaban J connectivity index is 1.98. The fraction of sp³-hybridized carbons (Fsp3) is 0.417. The Morgan fingerprint density at radius 3 is 2.83 bits per heavy atom. The van der Waals surface area contributed by atoms with E-state index in [9.17, 15) is 4.79 Å². The number of anilines is 1. The van der Waals surface area contributed by atoms with Crippen LogP contribution in [0.3, 0.4) is 0 Å². The molecule has 96 valence electrons. The molecule has 0 fully saturated rings. The molecule has 2 rings (SSSR count). The molecule has 0 aliphatic heterocycles. The van der Waals surface area contributed by atoms with Gasteiger partial charge in [-0.2, -0.15) is 10.1 Å². The second-order valence-corrected chi connectivity index (χ2v) is 4.13. The van der Waals surface area contributed by atoms with Crippen molar-refractivity contribution in [2.24, 2.45) is 0 Å². The van der Waals surface area contributed by atoms with Gasteiger partial charge in [-0.25, -0.2) is 0 Å². The minimum Gasteiger partial charge on any atom is -0.432 e. The van der Waals surface area contributed by atoms with E-state index in [4.69, 9.17) is 4.42 Å². The minimum atomic E-state index is -0.203. The zero-order valence-electron chi connectivity index (χ0n) is 10.7. The van der Waals surface area contributed by atoms with E-state index in [1.807, 2.05) is 26.8 Å². The number of hydrogen-bond donors (Lipinski definition) is 1. The highest BCUT2D eigenvalue weighted by molar-refractivity contribution is 5.88. The van der Waals surface area contributed by atoms with E-state index >= 15 is 0 Å². The molecule has 1 N–H and O–H groups in total. The molecule has 6 nitrogen and oxygen atoms in total. The molecule has 0 unspecified atom stereocenters. The zero-order valence-corrected chi connectivity index (χ0v) is 10.7. The summed E-state index contributed by atoms with van der Waals surface area (Å²) < 4.78 is 6.77. The van der Waals surface area contributed by atoms with Crippen LogP contribution in [0.5, 0.6) is 0 Å². The molecule has 18 heavy (non-hydrogen) atoms. The first-order valence-corrected chi connectivity index (χ1v) is 5.83. The summed E-state index contributed by atoms with van der Waals surface area (Å²) in [5, 5.41) is 6.82. The van der Waals surface area contributed by atoms with Crippen molar-refractivity contribution < 1.29 is 9.21 Å². The third-order valence-corrected chi connectivity index (χ3v) is 2.56. The molecule has 2 aromatic heterocycles. The van der Waals surface area contributed by atoms with Crippen molar-refractivity contribution in [3.05, 3.63) is 29.4 Å². The summed E-state index contributed by atoms with van der Waals surface area (Å²) in [7, 11) is 0. The van der Waals surface area contributed by atoms with Gasteiger partial charge >= 0.3 is 6.01 Å². The second-order valence-electron chi connectivity index (χ2n) is 4.13. The van der Waals surface area contributed by atoms with Crippen molar-refractivity contribution in [2.75, 3.05) is 5.32 Å². The van der Waals surface area contributed by atoms with Gasteiger partial charge < -0.3 is 4.42 Å². The molecule has 0 saturated carbocycles. The number of amides is 1. The van der Waals surface area contributed by atoms with Crippen LogP contribution in [0.1, 0.15) is 24.0 Å². The molecule has 6 heteroatoms. The van der Waals surface area contributed by atoms with Crippen LogP contribution in [-0.2, 0) is 17.8 Å². The number of nitrogens with one attached hydrogen (secondary N) is 1. The highest BCUT2D eigenvalue weighted by Crippen LogP contribution is 2.08. The van der Waals surface area contributed by atoms with Gasteiger partial charge in [0.1, 0.15) is 12.8 Å². The molecule has 0 aliphatic carbocycles. The van der Waals surface area contributed by atoms with Crippen LogP contribution in [0.2, 0.25) is 0 Å². The van der Waals surface area contributed by atoms with Gasteiger partial charge in [0.15, 0.2) is 0 Å². The van der Waals surface area contributed by atoms with Crippen molar-refractivity contribution in [1.29, 1.82) is 0 Å². The number of hydrogen-bond acceptors (Lipinski definition) is 4. The van der Waals surface area contributed by atoms with Gasteiger partial charge in [0, 0.05) is 5.69 Å². The van der Waals surface area contributed by atoms with Crippen LogP contribution >= 0.6 is 0 Å². The quantitative estimate of drug-likeness (QED) is 0.893. The highest BCUT2D eigenvalue weighted by atomic mass is 16.4. The average molecular weight is 248 g/mol. The van der Waals surface area contributed by atoms with Gasteiger partial charge in [-0.05, 0) is 26.3 Å². The van der Waals surface area contributed by atoms with Gasteiger partial charge in [0.25, 0.3) is 0 Å². The van der Waals surface area contributed by atoms with E-state index in [1.54, 1.807) is 10.9 Å². The molecule has 2 aromatic rings. The van der Waals surface area contributed by atoms with Gasteiger partial charge in [-0.15, -0.1) is 0 Å². The molecule has 0 radical (unpaired) electrons. The van der Waals surface area contributed by atoms with E-state index in [1.165, 1.54) is 0 Å². The highest BCUT2D eigenvalue weighted by Gasteiger charge is 2.10. The summed E-state index contributed by atoms with van der Waals surface area (Å²) in [6, 6.07) is 2.16. The number of rotatable bonds is 4. The number of aryl methyl sites for hydroxylation is 3. The molecular formula is C12H16N4O2. The van der Waals surface area contributed by atoms with Crippen molar-refractivity contribution in [3.63, 3.8) is 0 Å². The summed E-state index contributed by atoms with van der Waals surface area (Å²) in [4.78, 5) is 15.9.